The Morgan fingerprint density at radius 2 is 2.24 bits per heavy atom. The molecule has 0 fully saturated rings. The van der Waals surface area contributed by atoms with E-state index in [0.717, 1.165) is 6.20 Å². The molecule has 0 saturated heterocycles. The monoisotopic (exact) mass is 234 g/mol. The number of rotatable bonds is 2. The van der Waals surface area contributed by atoms with Crippen LogP contribution < -0.4 is 5.73 Å². The van der Waals surface area contributed by atoms with E-state index >= 15 is 0 Å². The largest absolute Gasteiger partial charge is 0.363 e. The Morgan fingerprint density at radius 3 is 2.88 bits per heavy atom. The zero-order valence-electron chi connectivity index (χ0n) is 11.6. The van der Waals surface area contributed by atoms with Crippen LogP contribution in [0.5, 0.6) is 0 Å². The summed E-state index contributed by atoms with van der Waals surface area (Å²) >= 11 is 0. The average molecular weight is 234 g/mol. The second-order valence-electron chi connectivity index (χ2n) is 3.30. The quantitative estimate of drug-likeness (QED) is 0.859. The number of nitrogens with zero attached hydrogens (tertiary/aromatic N) is 2. The van der Waals surface area contributed by atoms with Crippen molar-refractivity contribution in [2.45, 2.75) is 6.85 Å². The van der Waals surface area contributed by atoms with Crippen LogP contribution in [0.3, 0.4) is 0 Å². The highest BCUT2D eigenvalue weighted by Gasteiger charge is 2.12. The molecule has 0 aliphatic heterocycles. The van der Waals surface area contributed by atoms with Crippen LogP contribution in [-0.2, 0) is 0 Å². The summed E-state index contributed by atoms with van der Waals surface area (Å²) in [6.45, 7) is -2.53. The van der Waals surface area contributed by atoms with Gasteiger partial charge in [0.2, 0.25) is 5.82 Å². The lowest BCUT2D eigenvalue weighted by Crippen LogP contribution is -2.16. The first-order valence-electron chi connectivity index (χ1n) is 6.23. The van der Waals surface area contributed by atoms with Crippen molar-refractivity contribution in [3.63, 3.8) is 0 Å². The van der Waals surface area contributed by atoms with E-state index in [9.17, 15) is 9.18 Å². The number of nitrogens with two attached hydrogens (primary N) is 1. The smallest absolute Gasteiger partial charge is 0.286 e. The van der Waals surface area contributed by atoms with Crippen LogP contribution in [0.2, 0.25) is 0 Å². The molecule has 1 heterocycles. The Balaban J connectivity index is 2.74. The van der Waals surface area contributed by atoms with Gasteiger partial charge in [0.25, 0.3) is 5.91 Å². The molecule has 0 radical (unpaired) electrons. The molecular weight excluding hydrogens is 221 g/mol. The molecule has 0 atom stereocenters. The summed E-state index contributed by atoms with van der Waals surface area (Å²) < 4.78 is 36.1. The van der Waals surface area contributed by atoms with Crippen molar-refractivity contribution >= 4 is 5.91 Å². The lowest BCUT2D eigenvalue weighted by Gasteiger charge is -2.06. The van der Waals surface area contributed by atoms with E-state index in [2.05, 4.69) is 9.97 Å². The van der Waals surface area contributed by atoms with Crippen LogP contribution in [0, 0.1) is 12.7 Å². The molecule has 2 aromatic rings. The summed E-state index contributed by atoms with van der Waals surface area (Å²) in [7, 11) is 0. The minimum absolute atomic E-state index is 0.0245. The molecule has 2 N–H and O–H groups in total. The third-order valence-electron chi connectivity index (χ3n) is 2.14. The van der Waals surface area contributed by atoms with Crippen LogP contribution in [0.25, 0.3) is 11.3 Å². The van der Waals surface area contributed by atoms with Crippen molar-refractivity contribution < 1.29 is 13.3 Å². The summed E-state index contributed by atoms with van der Waals surface area (Å²) in [6.07, 6.45) is 0.974. The lowest BCUT2D eigenvalue weighted by atomic mass is 10.1. The van der Waals surface area contributed by atoms with Crippen molar-refractivity contribution in [2.75, 3.05) is 0 Å². The van der Waals surface area contributed by atoms with E-state index < -0.39 is 18.6 Å². The lowest BCUT2D eigenvalue weighted by molar-refractivity contribution is 0.0990. The van der Waals surface area contributed by atoms with E-state index in [0.29, 0.717) is 0 Å². The van der Waals surface area contributed by atoms with Gasteiger partial charge in [-0.2, -0.15) is 0 Å². The summed E-state index contributed by atoms with van der Waals surface area (Å²) in [4.78, 5) is 18.5. The zero-order chi connectivity index (χ0) is 14.9. The fourth-order valence-electron chi connectivity index (χ4n) is 1.36. The summed E-state index contributed by atoms with van der Waals surface area (Å²) in [5.74, 6) is -1.93. The normalized spacial score (nSPS) is 13.6. The molecular formula is C12H10FN3O. The van der Waals surface area contributed by atoms with Gasteiger partial charge in [-0.25, -0.2) is 14.4 Å². The fraction of sp³-hybridized carbons (Fsp3) is 0.0833. The maximum absolute atomic E-state index is 13.8. The molecule has 4 nitrogen and oxygen atoms in total. The molecule has 0 aliphatic rings. The molecule has 1 aromatic heterocycles. The minimum atomic E-state index is -2.53. The van der Waals surface area contributed by atoms with Gasteiger partial charge in [-0.1, -0.05) is 12.1 Å². The van der Waals surface area contributed by atoms with E-state index in [4.69, 9.17) is 9.85 Å². The Hall–Kier alpha value is -2.30. The molecule has 86 valence electrons. The maximum atomic E-state index is 13.8. The summed E-state index contributed by atoms with van der Waals surface area (Å²) in [5, 5.41) is 0. The van der Waals surface area contributed by atoms with Gasteiger partial charge in [0.05, 0.1) is 5.69 Å². The van der Waals surface area contributed by atoms with E-state index in [1.165, 1.54) is 24.3 Å². The Kier molecular flexibility index (Phi) is 1.99. The first kappa shape index (κ1) is 7.89. The molecule has 1 amide bonds. The highest BCUT2D eigenvalue weighted by atomic mass is 19.1. The molecule has 0 saturated carbocycles. The predicted octanol–water partition coefficient (Wildman–Crippen LogP) is 1.69. The number of hydrogen-bond acceptors (Lipinski definition) is 3. The molecule has 0 unspecified atom stereocenters. The highest BCUT2D eigenvalue weighted by Crippen LogP contribution is 2.23. The topological polar surface area (TPSA) is 68.9 Å². The third-order valence-corrected chi connectivity index (χ3v) is 2.14. The number of halogens is 1. The zero-order valence-corrected chi connectivity index (χ0v) is 8.64. The van der Waals surface area contributed by atoms with Crippen LogP contribution >= 0.6 is 0 Å². The van der Waals surface area contributed by atoms with E-state index in [1.54, 1.807) is 0 Å². The standard InChI is InChI=1S/C12H10FN3O/c1-7-6-15-12(11(14)17)16-10(7)8-4-2-3-5-9(8)13/h2-6H,1H3,(H2,14,17)/i1D3. The summed E-state index contributed by atoms with van der Waals surface area (Å²) in [5.41, 5.74) is 4.63. The number of carbonyl (C=O) groups is 1. The number of amides is 1. The Bertz CT molecular complexity index is 673. The van der Waals surface area contributed by atoms with Gasteiger partial charge < -0.3 is 5.73 Å². The van der Waals surface area contributed by atoms with Crippen LogP contribution in [0.1, 0.15) is 20.3 Å². The molecule has 1 aromatic carbocycles. The van der Waals surface area contributed by atoms with Crippen LogP contribution in [0.4, 0.5) is 4.39 Å². The molecule has 2 rings (SSSR count). The SMILES string of the molecule is [2H]C([2H])([2H])c1cnc(C(N)=O)nc1-c1ccccc1F. The van der Waals surface area contributed by atoms with Crippen LogP contribution in [-0.4, -0.2) is 15.9 Å². The maximum Gasteiger partial charge on any atom is 0.286 e. The second-order valence-corrected chi connectivity index (χ2v) is 3.30. The fourth-order valence-corrected chi connectivity index (χ4v) is 1.36. The van der Waals surface area contributed by atoms with Gasteiger partial charge >= 0.3 is 0 Å². The first-order valence-corrected chi connectivity index (χ1v) is 4.73. The van der Waals surface area contributed by atoms with Crippen molar-refractivity contribution in [1.29, 1.82) is 0 Å². The van der Waals surface area contributed by atoms with Gasteiger partial charge in [-0.3, -0.25) is 4.79 Å². The Morgan fingerprint density at radius 1 is 1.47 bits per heavy atom. The number of aromatic nitrogens is 2. The van der Waals surface area contributed by atoms with Gasteiger partial charge in [0.15, 0.2) is 0 Å². The predicted molar refractivity (Wildman–Crippen MR) is 60.7 cm³/mol. The van der Waals surface area contributed by atoms with Gasteiger partial charge in [0.1, 0.15) is 5.82 Å². The van der Waals surface area contributed by atoms with Gasteiger partial charge in [0, 0.05) is 15.9 Å². The number of benzene rings is 1. The molecule has 0 aliphatic carbocycles. The summed E-state index contributed by atoms with van der Waals surface area (Å²) in [6, 6.07) is 5.54. The van der Waals surface area contributed by atoms with E-state index in [-0.39, 0.29) is 22.6 Å². The molecule has 17 heavy (non-hydrogen) atoms. The second kappa shape index (κ2) is 4.29. The van der Waals surface area contributed by atoms with E-state index in [1.807, 2.05) is 0 Å². The number of aryl methyl sites for hydroxylation is 1. The number of hydrogen-bond donors (Lipinski definition) is 1. The number of primary amides is 1. The van der Waals surface area contributed by atoms with Crippen LogP contribution in [0.15, 0.2) is 30.5 Å². The van der Waals surface area contributed by atoms with Crippen molar-refractivity contribution in [1.82, 2.24) is 9.97 Å². The average Bonchev–Trinajstić information content (AvgIpc) is 2.37. The third kappa shape index (κ3) is 2.13. The number of carbonyl (C=O) groups excluding carboxylic acids is 1. The minimum Gasteiger partial charge on any atom is -0.363 e. The highest BCUT2D eigenvalue weighted by molar-refractivity contribution is 5.89. The van der Waals surface area contributed by atoms with Crippen molar-refractivity contribution in [2.24, 2.45) is 5.73 Å². The van der Waals surface area contributed by atoms with Gasteiger partial charge in [-0.05, 0) is 24.5 Å². The molecule has 0 spiro atoms. The molecule has 5 heteroatoms. The Labute approximate surface area is 102 Å². The van der Waals surface area contributed by atoms with Gasteiger partial charge in [-0.15, -0.1) is 0 Å². The van der Waals surface area contributed by atoms with Crippen molar-refractivity contribution in [3.05, 3.63) is 47.7 Å². The molecule has 0 bridgehead atoms. The van der Waals surface area contributed by atoms with Crippen molar-refractivity contribution in [3.8, 4) is 11.3 Å². The first-order chi connectivity index (χ1) is 9.30.